The molecule has 68 valence electrons. The third kappa shape index (κ3) is 6.51. The van der Waals surface area contributed by atoms with Gasteiger partial charge in [-0.2, -0.15) is 0 Å². The summed E-state index contributed by atoms with van der Waals surface area (Å²) in [7, 11) is -3.79. The Labute approximate surface area is 67.4 Å². The third-order valence-corrected chi connectivity index (χ3v) is 2.38. The first-order valence-electron chi connectivity index (χ1n) is 3.76. The lowest BCUT2D eigenvalue weighted by Gasteiger charge is -2.17. The molecule has 5 heteroatoms. The molecule has 0 atom stereocenters. The molecule has 0 saturated heterocycles. The lowest BCUT2D eigenvalue weighted by atomic mass is 10.5. The number of hydrogen-bond donors (Lipinski definition) is 2. The second kappa shape index (κ2) is 4.88. The van der Waals surface area contributed by atoms with E-state index in [1.54, 1.807) is 0 Å². The van der Waals surface area contributed by atoms with E-state index in [1.165, 1.54) is 0 Å². The van der Waals surface area contributed by atoms with Gasteiger partial charge in [0.1, 0.15) is 0 Å². The van der Waals surface area contributed by atoms with Crippen molar-refractivity contribution in [1.82, 2.24) is 4.90 Å². The molecule has 0 bridgehead atoms. The van der Waals surface area contributed by atoms with Crippen molar-refractivity contribution in [3.05, 3.63) is 0 Å². The van der Waals surface area contributed by atoms with Gasteiger partial charge < -0.3 is 14.7 Å². The molecular weight excluding hydrogens is 165 g/mol. The molecule has 11 heavy (non-hydrogen) atoms. The van der Waals surface area contributed by atoms with Crippen LogP contribution >= 0.6 is 7.60 Å². The minimum absolute atomic E-state index is 0.0331. The van der Waals surface area contributed by atoms with Crippen LogP contribution in [0.1, 0.15) is 13.8 Å². The van der Waals surface area contributed by atoms with E-state index in [9.17, 15) is 4.57 Å². The summed E-state index contributed by atoms with van der Waals surface area (Å²) in [5.41, 5.74) is 0. The molecule has 4 nitrogen and oxygen atoms in total. The molecule has 0 aromatic carbocycles. The summed E-state index contributed by atoms with van der Waals surface area (Å²) in [6, 6.07) is 0. The van der Waals surface area contributed by atoms with E-state index in [0.29, 0.717) is 6.54 Å². The highest BCUT2D eigenvalue weighted by atomic mass is 31.2. The summed E-state index contributed by atoms with van der Waals surface area (Å²) < 4.78 is 10.4. The van der Waals surface area contributed by atoms with Crippen molar-refractivity contribution in [3.63, 3.8) is 0 Å². The van der Waals surface area contributed by atoms with Crippen LogP contribution in [0.25, 0.3) is 0 Å². The molecule has 0 aromatic heterocycles. The summed E-state index contributed by atoms with van der Waals surface area (Å²) >= 11 is 0. The fourth-order valence-corrected chi connectivity index (χ4v) is 1.35. The fraction of sp³-hybridized carbons (Fsp3) is 1.00. The molecule has 0 rings (SSSR count). The van der Waals surface area contributed by atoms with Gasteiger partial charge in [-0.05, 0) is 13.1 Å². The van der Waals surface area contributed by atoms with Gasteiger partial charge in [-0.3, -0.25) is 4.57 Å². The molecule has 0 aliphatic rings. The molecular formula is C6H16NO3P. The summed E-state index contributed by atoms with van der Waals surface area (Å²) in [6.45, 7) is 6.12. The highest BCUT2D eigenvalue weighted by Crippen LogP contribution is 2.33. The van der Waals surface area contributed by atoms with Crippen molar-refractivity contribution >= 4 is 7.60 Å². The maximum absolute atomic E-state index is 10.4. The monoisotopic (exact) mass is 181 g/mol. The van der Waals surface area contributed by atoms with Crippen molar-refractivity contribution in [1.29, 1.82) is 0 Å². The van der Waals surface area contributed by atoms with Crippen LogP contribution < -0.4 is 0 Å². The van der Waals surface area contributed by atoms with Gasteiger partial charge in [-0.1, -0.05) is 13.8 Å². The Bertz CT molecular complexity index is 141. The fourth-order valence-electron chi connectivity index (χ4n) is 0.812. The van der Waals surface area contributed by atoms with Gasteiger partial charge >= 0.3 is 7.60 Å². The van der Waals surface area contributed by atoms with Gasteiger partial charge in [-0.15, -0.1) is 0 Å². The van der Waals surface area contributed by atoms with Crippen molar-refractivity contribution < 1.29 is 14.4 Å². The molecule has 0 aliphatic heterocycles. The molecule has 0 amide bonds. The lowest BCUT2D eigenvalue weighted by Crippen LogP contribution is -2.26. The average molecular weight is 181 g/mol. The Balaban J connectivity index is 3.59. The van der Waals surface area contributed by atoms with E-state index in [-0.39, 0.29) is 6.16 Å². The van der Waals surface area contributed by atoms with Gasteiger partial charge in [0.25, 0.3) is 0 Å². The Kier molecular flexibility index (Phi) is 4.93. The maximum atomic E-state index is 10.4. The predicted octanol–water partition coefficient (Wildman–Crippen LogP) is 0.506. The first-order valence-corrected chi connectivity index (χ1v) is 5.56. The standard InChI is InChI=1S/C6H16NO3P/c1-3-7(4-2)5-6-11(8,9)10/h3-6H2,1-2H3,(H2,8,9,10). The normalized spacial score (nSPS) is 12.5. The molecule has 2 N–H and O–H groups in total. The van der Waals surface area contributed by atoms with Gasteiger partial charge in [0.15, 0.2) is 0 Å². The largest absolute Gasteiger partial charge is 0.326 e. The van der Waals surface area contributed by atoms with Crippen molar-refractivity contribution in [3.8, 4) is 0 Å². The molecule has 0 fully saturated rings. The van der Waals surface area contributed by atoms with Gasteiger partial charge in [0.2, 0.25) is 0 Å². The lowest BCUT2D eigenvalue weighted by molar-refractivity contribution is 0.306. The van der Waals surface area contributed by atoms with E-state index in [2.05, 4.69) is 0 Å². The molecule has 0 radical (unpaired) electrons. The molecule has 0 aliphatic carbocycles. The van der Waals surface area contributed by atoms with Crippen LogP contribution in [0.4, 0.5) is 0 Å². The molecule has 0 spiro atoms. The van der Waals surface area contributed by atoms with Crippen LogP contribution in [0.5, 0.6) is 0 Å². The third-order valence-electron chi connectivity index (χ3n) is 1.60. The van der Waals surface area contributed by atoms with Crippen molar-refractivity contribution in [2.45, 2.75) is 13.8 Å². The topological polar surface area (TPSA) is 60.8 Å². The van der Waals surface area contributed by atoms with E-state index < -0.39 is 7.60 Å². The van der Waals surface area contributed by atoms with Gasteiger partial charge in [-0.25, -0.2) is 0 Å². The van der Waals surface area contributed by atoms with Gasteiger partial charge in [0.05, 0.1) is 6.16 Å². The zero-order chi connectivity index (χ0) is 8.91. The molecule has 0 heterocycles. The Morgan fingerprint density at radius 2 is 1.73 bits per heavy atom. The highest BCUT2D eigenvalue weighted by molar-refractivity contribution is 7.51. The quantitative estimate of drug-likeness (QED) is 0.606. The minimum atomic E-state index is -3.79. The summed E-state index contributed by atoms with van der Waals surface area (Å²) in [5, 5.41) is 0. The molecule has 0 saturated carbocycles. The highest BCUT2D eigenvalue weighted by Gasteiger charge is 2.13. The number of rotatable bonds is 5. The maximum Gasteiger partial charge on any atom is 0.326 e. The SMILES string of the molecule is CCN(CC)CCP(=O)(O)O. The van der Waals surface area contributed by atoms with E-state index in [0.717, 1.165) is 13.1 Å². The molecule has 0 unspecified atom stereocenters. The number of hydrogen-bond acceptors (Lipinski definition) is 2. The second-order valence-electron chi connectivity index (χ2n) is 2.42. The van der Waals surface area contributed by atoms with E-state index in [4.69, 9.17) is 9.79 Å². The summed E-state index contributed by atoms with van der Waals surface area (Å²) in [5.74, 6) is 0. The predicted molar refractivity (Wildman–Crippen MR) is 44.7 cm³/mol. The average Bonchev–Trinajstić information content (AvgIpc) is 1.88. The van der Waals surface area contributed by atoms with Crippen LogP contribution in [0.3, 0.4) is 0 Å². The molecule has 0 aromatic rings. The Morgan fingerprint density at radius 1 is 1.27 bits per heavy atom. The Morgan fingerprint density at radius 3 is 2.00 bits per heavy atom. The first kappa shape index (κ1) is 11.1. The van der Waals surface area contributed by atoms with Crippen molar-refractivity contribution in [2.75, 3.05) is 25.8 Å². The van der Waals surface area contributed by atoms with Crippen LogP contribution in [0.2, 0.25) is 0 Å². The zero-order valence-electron chi connectivity index (χ0n) is 7.03. The van der Waals surface area contributed by atoms with Crippen LogP contribution in [0.15, 0.2) is 0 Å². The Hall–Kier alpha value is 0.110. The van der Waals surface area contributed by atoms with E-state index >= 15 is 0 Å². The minimum Gasteiger partial charge on any atom is -0.324 e. The van der Waals surface area contributed by atoms with Crippen LogP contribution in [0, 0.1) is 0 Å². The number of nitrogens with zero attached hydrogens (tertiary/aromatic N) is 1. The summed E-state index contributed by atoms with van der Waals surface area (Å²) in [4.78, 5) is 19.1. The van der Waals surface area contributed by atoms with Crippen LogP contribution in [-0.4, -0.2) is 40.5 Å². The first-order chi connectivity index (χ1) is 4.99. The van der Waals surface area contributed by atoms with Crippen LogP contribution in [-0.2, 0) is 4.57 Å². The summed E-state index contributed by atoms with van der Waals surface area (Å²) in [6.07, 6.45) is -0.0331. The zero-order valence-corrected chi connectivity index (χ0v) is 7.92. The van der Waals surface area contributed by atoms with Crippen molar-refractivity contribution in [2.24, 2.45) is 0 Å². The van der Waals surface area contributed by atoms with Gasteiger partial charge in [0, 0.05) is 6.54 Å². The van der Waals surface area contributed by atoms with E-state index in [1.807, 2.05) is 18.7 Å². The smallest absolute Gasteiger partial charge is 0.324 e. The second-order valence-corrected chi connectivity index (χ2v) is 4.19.